The molecule has 0 fully saturated rings. The molecule has 106 valence electrons. The second kappa shape index (κ2) is 6.76. The molecule has 1 N–H and O–H groups in total. The van der Waals surface area contributed by atoms with Crippen molar-refractivity contribution < 1.29 is 14.3 Å². The van der Waals surface area contributed by atoms with Crippen LogP contribution < -0.4 is 14.8 Å². The van der Waals surface area contributed by atoms with E-state index in [2.05, 4.69) is 21.2 Å². The van der Waals surface area contributed by atoms with Gasteiger partial charge in [-0.3, -0.25) is 4.79 Å². The minimum atomic E-state index is -0.107. The van der Waals surface area contributed by atoms with E-state index in [-0.39, 0.29) is 5.91 Å². The summed E-state index contributed by atoms with van der Waals surface area (Å²) in [6, 6.07) is 7.31. The Morgan fingerprint density at radius 1 is 1.30 bits per heavy atom. The summed E-state index contributed by atoms with van der Waals surface area (Å²) < 4.78 is 11.4. The van der Waals surface area contributed by atoms with Crippen LogP contribution in [-0.4, -0.2) is 20.1 Å². The van der Waals surface area contributed by atoms with Crippen molar-refractivity contribution in [2.24, 2.45) is 0 Å². The summed E-state index contributed by atoms with van der Waals surface area (Å²) in [6.45, 7) is 0.402. The molecule has 0 aliphatic heterocycles. The van der Waals surface area contributed by atoms with Gasteiger partial charge in [0, 0.05) is 23.6 Å². The third kappa shape index (κ3) is 3.52. The number of ether oxygens (including phenoxy) is 2. The lowest BCUT2D eigenvalue weighted by atomic mass is 10.2. The molecule has 0 bridgehead atoms. The lowest BCUT2D eigenvalue weighted by Crippen LogP contribution is -2.22. The summed E-state index contributed by atoms with van der Waals surface area (Å²) in [5, 5.41) is 4.68. The highest BCUT2D eigenvalue weighted by Crippen LogP contribution is 2.25. The quantitative estimate of drug-likeness (QED) is 0.893. The number of carbonyl (C=O) groups is 1. The van der Waals surface area contributed by atoms with Gasteiger partial charge in [-0.1, -0.05) is 0 Å². The van der Waals surface area contributed by atoms with Crippen LogP contribution in [0.4, 0.5) is 0 Å². The summed E-state index contributed by atoms with van der Waals surface area (Å²) in [7, 11) is 3.20. The van der Waals surface area contributed by atoms with E-state index in [1.807, 2.05) is 17.5 Å². The summed E-state index contributed by atoms with van der Waals surface area (Å²) in [4.78, 5) is 12.0. The molecule has 1 heterocycles. The fraction of sp³-hybridized carbons (Fsp3) is 0.214. The Kier molecular flexibility index (Phi) is 5.03. The number of thiophene rings is 1. The lowest BCUT2D eigenvalue weighted by molar-refractivity contribution is 0.0951. The first kappa shape index (κ1) is 14.9. The van der Waals surface area contributed by atoms with Gasteiger partial charge in [0.2, 0.25) is 0 Å². The number of nitrogens with one attached hydrogen (secondary N) is 1. The molecule has 20 heavy (non-hydrogen) atoms. The molecule has 0 spiro atoms. The summed E-state index contributed by atoms with van der Waals surface area (Å²) in [5.74, 6) is 1.31. The minimum Gasteiger partial charge on any atom is -0.497 e. The van der Waals surface area contributed by atoms with Crippen LogP contribution in [0.1, 0.15) is 15.9 Å². The highest BCUT2D eigenvalue weighted by atomic mass is 79.9. The van der Waals surface area contributed by atoms with Crippen molar-refractivity contribution in [2.45, 2.75) is 6.54 Å². The maximum atomic E-state index is 12.0. The van der Waals surface area contributed by atoms with Crippen LogP contribution in [0.2, 0.25) is 0 Å². The molecule has 0 radical (unpaired) electrons. The Bertz CT molecular complexity index is 612. The molecule has 2 aromatic rings. The van der Waals surface area contributed by atoms with Crippen LogP contribution in [0.25, 0.3) is 0 Å². The summed E-state index contributed by atoms with van der Waals surface area (Å²) >= 11 is 4.82. The lowest BCUT2D eigenvalue weighted by Gasteiger charge is -2.11. The Morgan fingerprint density at radius 2 is 2.10 bits per heavy atom. The molecular weight excluding hydrogens is 342 g/mol. The molecule has 4 nitrogen and oxygen atoms in total. The van der Waals surface area contributed by atoms with Crippen molar-refractivity contribution in [3.63, 3.8) is 0 Å². The zero-order valence-electron chi connectivity index (χ0n) is 11.1. The molecule has 0 aliphatic rings. The van der Waals surface area contributed by atoms with E-state index in [0.29, 0.717) is 17.9 Å². The first-order valence-corrected chi connectivity index (χ1v) is 7.54. The normalized spacial score (nSPS) is 10.2. The summed E-state index contributed by atoms with van der Waals surface area (Å²) in [6.07, 6.45) is 0. The second-order valence-electron chi connectivity index (χ2n) is 4.00. The van der Waals surface area contributed by atoms with E-state index < -0.39 is 0 Å². The fourth-order valence-electron chi connectivity index (χ4n) is 1.70. The predicted octanol–water partition coefficient (Wildman–Crippen LogP) is 3.46. The zero-order valence-corrected chi connectivity index (χ0v) is 13.5. The highest BCUT2D eigenvalue weighted by Gasteiger charge is 2.10. The van der Waals surface area contributed by atoms with Crippen LogP contribution in [0.3, 0.4) is 0 Å². The third-order valence-electron chi connectivity index (χ3n) is 2.76. The number of carbonyl (C=O) groups excluding carboxylic acids is 1. The number of amides is 1. The molecular formula is C14H14BrNO3S. The minimum absolute atomic E-state index is 0.107. The van der Waals surface area contributed by atoms with Crippen LogP contribution >= 0.6 is 27.3 Å². The summed E-state index contributed by atoms with van der Waals surface area (Å²) in [5.41, 5.74) is 1.55. The first-order chi connectivity index (χ1) is 9.63. The van der Waals surface area contributed by atoms with E-state index in [1.165, 1.54) is 11.3 Å². The topological polar surface area (TPSA) is 47.6 Å². The van der Waals surface area contributed by atoms with Gasteiger partial charge in [-0.2, -0.15) is 0 Å². The van der Waals surface area contributed by atoms with Crippen LogP contribution in [-0.2, 0) is 6.54 Å². The maximum Gasteiger partial charge on any atom is 0.252 e. The van der Waals surface area contributed by atoms with Gasteiger partial charge < -0.3 is 14.8 Å². The van der Waals surface area contributed by atoms with Crippen molar-refractivity contribution >= 4 is 33.2 Å². The number of rotatable bonds is 5. The Hall–Kier alpha value is -1.53. The average Bonchev–Trinajstić information content (AvgIpc) is 2.91. The monoisotopic (exact) mass is 355 g/mol. The van der Waals surface area contributed by atoms with Gasteiger partial charge in [-0.05, 0) is 34.1 Å². The standard InChI is InChI=1S/C14H14BrNO3S/c1-18-11-4-3-9(12(6-11)19-2)7-16-14(17)10-5-13(15)20-8-10/h3-6,8H,7H2,1-2H3,(H,16,17). The molecule has 0 aliphatic carbocycles. The Balaban J connectivity index is 2.05. The molecule has 0 saturated carbocycles. The largest absolute Gasteiger partial charge is 0.497 e. The molecule has 1 aromatic carbocycles. The van der Waals surface area contributed by atoms with Gasteiger partial charge in [0.05, 0.1) is 23.6 Å². The smallest absolute Gasteiger partial charge is 0.252 e. The van der Waals surface area contributed by atoms with Gasteiger partial charge in [0.1, 0.15) is 11.5 Å². The van der Waals surface area contributed by atoms with Crippen LogP contribution in [0, 0.1) is 0 Å². The molecule has 0 atom stereocenters. The number of halogens is 1. The zero-order chi connectivity index (χ0) is 14.5. The number of benzene rings is 1. The highest BCUT2D eigenvalue weighted by molar-refractivity contribution is 9.11. The Labute approximate surface area is 129 Å². The third-order valence-corrected chi connectivity index (χ3v) is 4.27. The second-order valence-corrected chi connectivity index (χ2v) is 6.29. The van der Waals surface area contributed by atoms with Crippen molar-refractivity contribution in [3.05, 3.63) is 44.6 Å². The predicted molar refractivity (Wildman–Crippen MR) is 82.7 cm³/mol. The molecule has 2 rings (SSSR count). The number of methoxy groups -OCH3 is 2. The maximum absolute atomic E-state index is 12.0. The molecule has 0 saturated heterocycles. The molecule has 1 amide bonds. The fourth-order valence-corrected chi connectivity index (χ4v) is 2.84. The first-order valence-electron chi connectivity index (χ1n) is 5.87. The van der Waals surface area contributed by atoms with Gasteiger partial charge in [-0.25, -0.2) is 0 Å². The molecule has 6 heteroatoms. The number of hydrogen-bond acceptors (Lipinski definition) is 4. The van der Waals surface area contributed by atoms with Gasteiger partial charge in [0.15, 0.2) is 0 Å². The van der Waals surface area contributed by atoms with E-state index in [9.17, 15) is 4.79 Å². The van der Waals surface area contributed by atoms with Gasteiger partial charge >= 0.3 is 0 Å². The van der Waals surface area contributed by atoms with Crippen molar-refractivity contribution in [1.29, 1.82) is 0 Å². The molecule has 0 unspecified atom stereocenters. The van der Waals surface area contributed by atoms with Gasteiger partial charge in [-0.15, -0.1) is 11.3 Å². The average molecular weight is 356 g/mol. The number of hydrogen-bond donors (Lipinski definition) is 1. The van der Waals surface area contributed by atoms with E-state index in [0.717, 1.165) is 15.1 Å². The van der Waals surface area contributed by atoms with E-state index in [1.54, 1.807) is 26.4 Å². The van der Waals surface area contributed by atoms with E-state index >= 15 is 0 Å². The SMILES string of the molecule is COc1ccc(CNC(=O)c2csc(Br)c2)c(OC)c1. The van der Waals surface area contributed by atoms with Crippen molar-refractivity contribution in [3.8, 4) is 11.5 Å². The van der Waals surface area contributed by atoms with Crippen LogP contribution in [0.15, 0.2) is 33.4 Å². The molecule has 1 aromatic heterocycles. The Morgan fingerprint density at radius 3 is 2.70 bits per heavy atom. The van der Waals surface area contributed by atoms with Gasteiger partial charge in [0.25, 0.3) is 5.91 Å². The van der Waals surface area contributed by atoms with E-state index in [4.69, 9.17) is 9.47 Å². The van der Waals surface area contributed by atoms with Crippen LogP contribution in [0.5, 0.6) is 11.5 Å². The van der Waals surface area contributed by atoms with Crippen molar-refractivity contribution in [2.75, 3.05) is 14.2 Å². The van der Waals surface area contributed by atoms with Crippen molar-refractivity contribution in [1.82, 2.24) is 5.32 Å².